The number of rotatable bonds is 2. The number of hydrogen-bond acceptors (Lipinski definition) is 2. The van der Waals surface area contributed by atoms with Crippen molar-refractivity contribution in [3.05, 3.63) is 34.3 Å². The van der Waals surface area contributed by atoms with Crippen molar-refractivity contribution in [3.8, 4) is 0 Å². The second kappa shape index (κ2) is 4.43. The third-order valence-electron chi connectivity index (χ3n) is 2.54. The Morgan fingerprint density at radius 3 is 3.00 bits per heavy atom. The van der Waals surface area contributed by atoms with E-state index in [4.69, 9.17) is 9.47 Å². The van der Waals surface area contributed by atoms with Crippen LogP contribution in [0, 0.1) is 0 Å². The standard InChI is InChI=1S/C11H13BrO2/c1-13-11-6-9(7-14-11)8-3-2-4-10(12)5-8/h2-5,9,11H,6-7H2,1H3/t9-,11+/m0/s1. The normalized spacial score (nSPS) is 26.7. The number of halogens is 1. The lowest BCUT2D eigenvalue weighted by Gasteiger charge is -2.08. The van der Waals surface area contributed by atoms with Crippen LogP contribution in [0.1, 0.15) is 17.9 Å². The first-order valence-corrected chi connectivity index (χ1v) is 5.49. The summed E-state index contributed by atoms with van der Waals surface area (Å²) in [6.45, 7) is 0.759. The SMILES string of the molecule is CO[C@H]1C[C@H](c2cccc(Br)c2)CO1. The lowest BCUT2D eigenvalue weighted by molar-refractivity contribution is -0.0880. The van der Waals surface area contributed by atoms with Gasteiger partial charge in [0.2, 0.25) is 0 Å². The first-order chi connectivity index (χ1) is 6.79. The predicted octanol–water partition coefficient (Wildman–Crippen LogP) is 2.93. The number of methoxy groups -OCH3 is 1. The van der Waals surface area contributed by atoms with E-state index < -0.39 is 0 Å². The third kappa shape index (κ3) is 2.16. The minimum absolute atomic E-state index is 0.0287. The van der Waals surface area contributed by atoms with E-state index in [1.54, 1.807) is 7.11 Å². The molecule has 0 saturated carbocycles. The molecular formula is C11H13BrO2. The molecule has 1 aromatic carbocycles. The molecule has 1 heterocycles. The zero-order chi connectivity index (χ0) is 9.97. The number of benzene rings is 1. The fraction of sp³-hybridized carbons (Fsp3) is 0.455. The number of hydrogen-bond donors (Lipinski definition) is 0. The molecule has 14 heavy (non-hydrogen) atoms. The second-order valence-electron chi connectivity index (χ2n) is 3.49. The van der Waals surface area contributed by atoms with E-state index in [-0.39, 0.29) is 6.29 Å². The lowest BCUT2D eigenvalue weighted by Crippen LogP contribution is -2.06. The van der Waals surface area contributed by atoms with Gasteiger partial charge in [0.1, 0.15) is 0 Å². The molecule has 0 N–H and O–H groups in total. The highest BCUT2D eigenvalue weighted by Gasteiger charge is 2.26. The van der Waals surface area contributed by atoms with Gasteiger partial charge in [-0.25, -0.2) is 0 Å². The molecule has 0 spiro atoms. The van der Waals surface area contributed by atoms with E-state index in [1.807, 2.05) is 6.07 Å². The van der Waals surface area contributed by atoms with E-state index in [1.165, 1.54) is 5.56 Å². The highest BCUT2D eigenvalue weighted by molar-refractivity contribution is 9.10. The molecule has 1 saturated heterocycles. The molecule has 0 bridgehead atoms. The van der Waals surface area contributed by atoms with Gasteiger partial charge in [-0.3, -0.25) is 0 Å². The van der Waals surface area contributed by atoms with Crippen molar-refractivity contribution in [2.24, 2.45) is 0 Å². The van der Waals surface area contributed by atoms with Crippen molar-refractivity contribution in [1.82, 2.24) is 0 Å². The summed E-state index contributed by atoms with van der Waals surface area (Å²) in [5, 5.41) is 0. The van der Waals surface area contributed by atoms with Crippen molar-refractivity contribution in [2.45, 2.75) is 18.6 Å². The Bertz CT molecular complexity index is 314. The van der Waals surface area contributed by atoms with Crippen molar-refractivity contribution in [3.63, 3.8) is 0 Å². The van der Waals surface area contributed by atoms with Gasteiger partial charge in [-0.15, -0.1) is 0 Å². The highest BCUT2D eigenvalue weighted by atomic mass is 79.9. The van der Waals surface area contributed by atoms with Crippen molar-refractivity contribution >= 4 is 15.9 Å². The zero-order valence-electron chi connectivity index (χ0n) is 8.07. The van der Waals surface area contributed by atoms with Gasteiger partial charge in [-0.1, -0.05) is 28.1 Å². The Balaban J connectivity index is 2.09. The van der Waals surface area contributed by atoms with Crippen LogP contribution in [0.4, 0.5) is 0 Å². The monoisotopic (exact) mass is 256 g/mol. The Hall–Kier alpha value is -0.380. The highest BCUT2D eigenvalue weighted by Crippen LogP contribution is 2.30. The summed E-state index contributed by atoms with van der Waals surface area (Å²) in [5.74, 6) is 0.470. The first-order valence-electron chi connectivity index (χ1n) is 4.69. The second-order valence-corrected chi connectivity index (χ2v) is 4.40. The summed E-state index contributed by atoms with van der Waals surface area (Å²) in [5.41, 5.74) is 1.32. The van der Waals surface area contributed by atoms with Gasteiger partial charge in [0.25, 0.3) is 0 Å². The van der Waals surface area contributed by atoms with Crippen LogP contribution >= 0.6 is 15.9 Å². The Morgan fingerprint density at radius 1 is 1.50 bits per heavy atom. The molecule has 3 heteroatoms. The molecule has 1 aliphatic rings. The van der Waals surface area contributed by atoms with Gasteiger partial charge in [-0.05, 0) is 17.7 Å². The first kappa shape index (κ1) is 10.1. The van der Waals surface area contributed by atoms with Gasteiger partial charge >= 0.3 is 0 Å². The molecule has 2 rings (SSSR count). The molecular weight excluding hydrogens is 244 g/mol. The van der Waals surface area contributed by atoms with Gasteiger partial charge in [0, 0.05) is 23.9 Å². The van der Waals surface area contributed by atoms with E-state index in [2.05, 4.69) is 34.1 Å². The maximum Gasteiger partial charge on any atom is 0.157 e. The Morgan fingerprint density at radius 2 is 2.36 bits per heavy atom. The Labute approximate surface area is 92.3 Å². The van der Waals surface area contributed by atoms with Crippen LogP contribution in [0.25, 0.3) is 0 Å². The van der Waals surface area contributed by atoms with Gasteiger partial charge in [-0.2, -0.15) is 0 Å². The van der Waals surface area contributed by atoms with Gasteiger partial charge in [0.15, 0.2) is 6.29 Å². The quantitative estimate of drug-likeness (QED) is 0.811. The fourth-order valence-corrected chi connectivity index (χ4v) is 2.17. The van der Waals surface area contributed by atoms with Gasteiger partial charge in [0.05, 0.1) is 6.61 Å². The summed E-state index contributed by atoms with van der Waals surface area (Å²) in [7, 11) is 1.69. The molecule has 0 unspecified atom stereocenters. The molecule has 0 aromatic heterocycles. The van der Waals surface area contributed by atoms with Crippen molar-refractivity contribution in [1.29, 1.82) is 0 Å². The maximum atomic E-state index is 5.47. The van der Waals surface area contributed by atoms with Crippen LogP contribution in [0.3, 0.4) is 0 Å². The van der Waals surface area contributed by atoms with Crippen LogP contribution in [-0.4, -0.2) is 20.0 Å². The van der Waals surface area contributed by atoms with E-state index in [9.17, 15) is 0 Å². The smallest absolute Gasteiger partial charge is 0.157 e. The molecule has 0 aliphatic carbocycles. The van der Waals surface area contributed by atoms with Crippen LogP contribution in [0.2, 0.25) is 0 Å². The fourth-order valence-electron chi connectivity index (χ4n) is 1.75. The average Bonchev–Trinajstić information content (AvgIpc) is 2.66. The summed E-state index contributed by atoms with van der Waals surface area (Å²) in [4.78, 5) is 0. The van der Waals surface area contributed by atoms with Crippen molar-refractivity contribution in [2.75, 3.05) is 13.7 Å². The minimum atomic E-state index is -0.0287. The summed E-state index contributed by atoms with van der Waals surface area (Å²) < 4.78 is 11.8. The summed E-state index contributed by atoms with van der Waals surface area (Å²) in [6, 6.07) is 8.37. The van der Waals surface area contributed by atoms with Crippen molar-refractivity contribution < 1.29 is 9.47 Å². The molecule has 1 aliphatic heterocycles. The average molecular weight is 257 g/mol. The van der Waals surface area contributed by atoms with Crippen LogP contribution in [-0.2, 0) is 9.47 Å². The Kier molecular flexibility index (Phi) is 3.21. The minimum Gasteiger partial charge on any atom is -0.356 e. The summed E-state index contributed by atoms with van der Waals surface area (Å²) in [6.07, 6.45) is 0.923. The number of ether oxygens (including phenoxy) is 2. The molecule has 2 nitrogen and oxygen atoms in total. The molecule has 0 amide bonds. The summed E-state index contributed by atoms with van der Waals surface area (Å²) >= 11 is 3.47. The van der Waals surface area contributed by atoms with Gasteiger partial charge < -0.3 is 9.47 Å². The molecule has 76 valence electrons. The van der Waals surface area contributed by atoms with Crippen LogP contribution in [0.15, 0.2) is 28.7 Å². The molecule has 2 atom stereocenters. The van der Waals surface area contributed by atoms with E-state index >= 15 is 0 Å². The third-order valence-corrected chi connectivity index (χ3v) is 3.04. The molecule has 1 aromatic rings. The predicted molar refractivity (Wildman–Crippen MR) is 58.2 cm³/mol. The lowest BCUT2D eigenvalue weighted by atomic mass is 9.98. The van der Waals surface area contributed by atoms with Crippen LogP contribution in [0.5, 0.6) is 0 Å². The van der Waals surface area contributed by atoms with E-state index in [0.717, 1.165) is 17.5 Å². The molecule has 1 fully saturated rings. The molecule has 0 radical (unpaired) electrons. The van der Waals surface area contributed by atoms with Crippen LogP contribution < -0.4 is 0 Å². The topological polar surface area (TPSA) is 18.5 Å². The largest absolute Gasteiger partial charge is 0.356 e. The maximum absolute atomic E-state index is 5.47. The zero-order valence-corrected chi connectivity index (χ0v) is 9.66. The van der Waals surface area contributed by atoms with E-state index in [0.29, 0.717) is 5.92 Å².